The highest BCUT2D eigenvalue weighted by atomic mass is 15.3. The monoisotopic (exact) mass is 325 g/mol. The predicted molar refractivity (Wildman–Crippen MR) is 97.9 cm³/mol. The molecule has 2 heterocycles. The van der Waals surface area contributed by atoms with E-state index >= 15 is 0 Å². The van der Waals surface area contributed by atoms with E-state index in [0.29, 0.717) is 11.8 Å². The third-order valence-corrected chi connectivity index (χ3v) is 4.85. The third-order valence-electron chi connectivity index (χ3n) is 4.85. The Hall–Kier alpha value is -2.30. The molecule has 1 aliphatic heterocycles. The summed E-state index contributed by atoms with van der Waals surface area (Å²) in [6.45, 7) is 5.18. The Labute approximate surface area is 144 Å². The van der Waals surface area contributed by atoms with Gasteiger partial charge in [0, 0.05) is 45.5 Å². The molecule has 1 aliphatic rings. The second-order valence-electron chi connectivity index (χ2n) is 6.65. The molecule has 1 aromatic carbocycles. The van der Waals surface area contributed by atoms with E-state index in [2.05, 4.69) is 57.6 Å². The van der Waals surface area contributed by atoms with Gasteiger partial charge in [0.05, 0.1) is 6.20 Å². The van der Waals surface area contributed by atoms with Crippen molar-refractivity contribution in [1.29, 1.82) is 0 Å². The predicted octanol–water partition coefficient (Wildman–Crippen LogP) is 2.62. The molecule has 0 radical (unpaired) electrons. The molecular weight excluding hydrogens is 298 g/mol. The van der Waals surface area contributed by atoms with Crippen LogP contribution in [-0.2, 0) is 13.6 Å². The zero-order valence-corrected chi connectivity index (χ0v) is 14.8. The summed E-state index contributed by atoms with van der Waals surface area (Å²) >= 11 is 0. The molecule has 1 aromatic heterocycles. The van der Waals surface area contributed by atoms with Crippen LogP contribution >= 0.6 is 0 Å². The maximum Gasteiger partial charge on any atom is 0.193 e. The highest BCUT2D eigenvalue weighted by Gasteiger charge is 2.28. The van der Waals surface area contributed by atoms with Crippen molar-refractivity contribution in [3.63, 3.8) is 0 Å². The van der Waals surface area contributed by atoms with Gasteiger partial charge in [0.1, 0.15) is 0 Å². The number of likely N-dealkylation sites (tertiary alicyclic amines) is 1. The number of nitrogens with one attached hydrogen (secondary N) is 1. The number of piperidine rings is 1. The van der Waals surface area contributed by atoms with Gasteiger partial charge in [-0.3, -0.25) is 9.67 Å². The SMILES string of the molecule is CN=C(NCc1cnn(C)c1)N1CCC(c2ccccc2)C(C)C1. The highest BCUT2D eigenvalue weighted by molar-refractivity contribution is 5.80. The largest absolute Gasteiger partial charge is 0.352 e. The molecule has 2 atom stereocenters. The summed E-state index contributed by atoms with van der Waals surface area (Å²) in [5.74, 6) is 2.23. The van der Waals surface area contributed by atoms with E-state index < -0.39 is 0 Å². The summed E-state index contributed by atoms with van der Waals surface area (Å²) in [7, 11) is 3.80. The van der Waals surface area contributed by atoms with Gasteiger partial charge in [-0.15, -0.1) is 0 Å². The Balaban J connectivity index is 1.59. The molecule has 24 heavy (non-hydrogen) atoms. The van der Waals surface area contributed by atoms with Crippen molar-refractivity contribution in [2.75, 3.05) is 20.1 Å². The molecule has 3 rings (SSSR count). The first-order chi connectivity index (χ1) is 11.7. The van der Waals surface area contributed by atoms with Gasteiger partial charge in [-0.25, -0.2) is 0 Å². The first kappa shape index (κ1) is 16.6. The summed E-state index contributed by atoms with van der Waals surface area (Å²) < 4.78 is 1.83. The molecule has 5 nitrogen and oxygen atoms in total. The van der Waals surface area contributed by atoms with E-state index in [1.807, 2.05) is 31.2 Å². The van der Waals surface area contributed by atoms with Gasteiger partial charge in [-0.2, -0.15) is 5.10 Å². The highest BCUT2D eigenvalue weighted by Crippen LogP contribution is 2.32. The zero-order chi connectivity index (χ0) is 16.9. The lowest BCUT2D eigenvalue weighted by Crippen LogP contribution is -2.47. The van der Waals surface area contributed by atoms with Gasteiger partial charge < -0.3 is 10.2 Å². The van der Waals surface area contributed by atoms with E-state index in [4.69, 9.17) is 0 Å². The van der Waals surface area contributed by atoms with Gasteiger partial charge in [0.15, 0.2) is 5.96 Å². The Morgan fingerprint density at radius 2 is 2.12 bits per heavy atom. The molecule has 1 saturated heterocycles. The molecule has 2 unspecified atom stereocenters. The maximum atomic E-state index is 4.47. The molecule has 0 bridgehead atoms. The van der Waals surface area contributed by atoms with Crippen LogP contribution in [0.25, 0.3) is 0 Å². The van der Waals surface area contributed by atoms with Crippen molar-refractivity contribution in [2.24, 2.45) is 18.0 Å². The van der Waals surface area contributed by atoms with Gasteiger partial charge >= 0.3 is 0 Å². The van der Waals surface area contributed by atoms with Crippen LogP contribution in [0.1, 0.15) is 30.4 Å². The van der Waals surface area contributed by atoms with Gasteiger partial charge in [0.25, 0.3) is 0 Å². The molecular formula is C19H27N5. The molecule has 1 fully saturated rings. The number of aromatic nitrogens is 2. The van der Waals surface area contributed by atoms with Gasteiger partial charge in [-0.1, -0.05) is 37.3 Å². The number of guanidine groups is 1. The van der Waals surface area contributed by atoms with Crippen molar-refractivity contribution in [3.05, 3.63) is 53.9 Å². The minimum atomic E-state index is 0.609. The Kier molecular flexibility index (Phi) is 5.18. The lowest BCUT2D eigenvalue weighted by Gasteiger charge is -2.38. The number of rotatable bonds is 3. The van der Waals surface area contributed by atoms with Crippen LogP contribution in [0.15, 0.2) is 47.7 Å². The normalized spacial score (nSPS) is 21.8. The zero-order valence-electron chi connectivity index (χ0n) is 14.8. The summed E-state index contributed by atoms with van der Waals surface area (Å²) in [6, 6.07) is 10.9. The van der Waals surface area contributed by atoms with E-state index in [1.165, 1.54) is 17.5 Å². The average molecular weight is 325 g/mol. The van der Waals surface area contributed by atoms with Crippen LogP contribution in [0.2, 0.25) is 0 Å². The van der Waals surface area contributed by atoms with Crippen molar-refractivity contribution in [2.45, 2.75) is 25.8 Å². The van der Waals surface area contributed by atoms with E-state index in [1.54, 1.807) is 0 Å². The number of hydrogen-bond acceptors (Lipinski definition) is 2. The number of aliphatic imine (C=N–C) groups is 1. The first-order valence-electron chi connectivity index (χ1n) is 8.65. The standard InChI is InChI=1S/C19H27N5/c1-15-13-24(10-9-18(15)17-7-5-4-6-8-17)19(20-2)21-11-16-12-22-23(3)14-16/h4-8,12,14-15,18H,9-11,13H2,1-3H3,(H,20,21). The van der Waals surface area contributed by atoms with E-state index in [0.717, 1.165) is 25.6 Å². The van der Waals surface area contributed by atoms with Crippen LogP contribution in [0, 0.1) is 5.92 Å². The van der Waals surface area contributed by atoms with Gasteiger partial charge in [-0.05, 0) is 23.8 Å². The number of benzene rings is 1. The Morgan fingerprint density at radius 1 is 1.33 bits per heavy atom. The fourth-order valence-corrected chi connectivity index (χ4v) is 3.61. The minimum Gasteiger partial charge on any atom is -0.352 e. The fraction of sp³-hybridized carbons (Fsp3) is 0.474. The molecule has 128 valence electrons. The minimum absolute atomic E-state index is 0.609. The van der Waals surface area contributed by atoms with Crippen molar-refractivity contribution >= 4 is 5.96 Å². The van der Waals surface area contributed by atoms with Crippen molar-refractivity contribution < 1.29 is 0 Å². The van der Waals surface area contributed by atoms with Crippen molar-refractivity contribution in [3.8, 4) is 0 Å². The quantitative estimate of drug-likeness (QED) is 0.697. The van der Waals surface area contributed by atoms with Crippen LogP contribution < -0.4 is 5.32 Å². The summed E-state index contributed by atoms with van der Waals surface area (Å²) in [6.07, 6.45) is 5.09. The molecule has 1 N–H and O–H groups in total. The molecule has 2 aromatic rings. The Morgan fingerprint density at radius 3 is 2.75 bits per heavy atom. The van der Waals surface area contributed by atoms with E-state index in [-0.39, 0.29) is 0 Å². The fourth-order valence-electron chi connectivity index (χ4n) is 3.61. The summed E-state index contributed by atoms with van der Waals surface area (Å²) in [4.78, 5) is 6.85. The average Bonchev–Trinajstić information content (AvgIpc) is 3.02. The maximum absolute atomic E-state index is 4.47. The van der Waals surface area contributed by atoms with Crippen LogP contribution in [0.5, 0.6) is 0 Å². The van der Waals surface area contributed by atoms with Crippen molar-refractivity contribution in [1.82, 2.24) is 20.0 Å². The molecule has 0 aliphatic carbocycles. The molecule has 0 spiro atoms. The van der Waals surface area contributed by atoms with Gasteiger partial charge in [0.2, 0.25) is 0 Å². The number of hydrogen-bond donors (Lipinski definition) is 1. The summed E-state index contributed by atoms with van der Waals surface area (Å²) in [5, 5.41) is 7.68. The number of aryl methyl sites for hydroxylation is 1. The Bertz CT molecular complexity index is 676. The van der Waals surface area contributed by atoms with Crippen LogP contribution in [0.3, 0.4) is 0 Å². The third kappa shape index (κ3) is 3.78. The second kappa shape index (κ2) is 7.51. The molecule has 0 amide bonds. The smallest absolute Gasteiger partial charge is 0.193 e. The van der Waals surface area contributed by atoms with E-state index in [9.17, 15) is 0 Å². The van der Waals surface area contributed by atoms with Crippen LogP contribution in [-0.4, -0.2) is 40.8 Å². The lowest BCUT2D eigenvalue weighted by atomic mass is 9.82. The van der Waals surface area contributed by atoms with Crippen LogP contribution in [0.4, 0.5) is 0 Å². The summed E-state index contributed by atoms with van der Waals surface area (Å²) in [5.41, 5.74) is 2.63. The molecule has 0 saturated carbocycles. The topological polar surface area (TPSA) is 45.5 Å². The molecule has 5 heteroatoms. The second-order valence-corrected chi connectivity index (χ2v) is 6.65. The lowest BCUT2D eigenvalue weighted by molar-refractivity contribution is 0.234. The number of nitrogens with zero attached hydrogens (tertiary/aromatic N) is 4. The first-order valence-corrected chi connectivity index (χ1v) is 8.65.